The van der Waals surface area contributed by atoms with Crippen LogP contribution in [0.3, 0.4) is 0 Å². The van der Waals surface area contributed by atoms with Crippen LogP contribution in [-0.4, -0.2) is 21.6 Å². The van der Waals surface area contributed by atoms with Crippen molar-refractivity contribution >= 4 is 10.0 Å². The van der Waals surface area contributed by atoms with Crippen molar-refractivity contribution in [1.82, 2.24) is 4.72 Å². The Hall–Kier alpha value is -2.90. The molecule has 1 atom stereocenters. The lowest BCUT2D eigenvalue weighted by atomic mass is 9.99. The molecular formula is C24H24FNO4S. The van der Waals surface area contributed by atoms with E-state index < -0.39 is 21.9 Å². The van der Waals surface area contributed by atoms with E-state index in [0.717, 1.165) is 23.6 Å². The molecule has 162 valence electrons. The van der Waals surface area contributed by atoms with Crippen LogP contribution < -0.4 is 14.2 Å². The lowest BCUT2D eigenvalue weighted by Gasteiger charge is -2.21. The molecule has 1 N–H and O–H groups in total. The highest BCUT2D eigenvalue weighted by Gasteiger charge is 2.25. The lowest BCUT2D eigenvalue weighted by molar-refractivity contribution is 0.297. The molecule has 3 aromatic carbocycles. The summed E-state index contributed by atoms with van der Waals surface area (Å²) >= 11 is 0. The van der Waals surface area contributed by atoms with Gasteiger partial charge in [0.15, 0.2) is 11.5 Å². The Morgan fingerprint density at radius 1 is 0.968 bits per heavy atom. The highest BCUT2D eigenvalue weighted by molar-refractivity contribution is 7.89. The largest absolute Gasteiger partial charge is 0.490 e. The van der Waals surface area contributed by atoms with E-state index in [2.05, 4.69) is 4.72 Å². The molecule has 0 spiro atoms. The summed E-state index contributed by atoms with van der Waals surface area (Å²) in [6, 6.07) is 18.3. The van der Waals surface area contributed by atoms with E-state index in [9.17, 15) is 12.8 Å². The molecule has 0 saturated carbocycles. The summed E-state index contributed by atoms with van der Waals surface area (Å²) in [6.07, 6.45) is 1.23. The van der Waals surface area contributed by atoms with Crippen LogP contribution in [0.25, 0.3) is 0 Å². The molecule has 1 heterocycles. The van der Waals surface area contributed by atoms with Crippen molar-refractivity contribution in [2.24, 2.45) is 0 Å². The number of aryl methyl sites for hydroxylation is 1. The maximum absolute atomic E-state index is 13.5. The van der Waals surface area contributed by atoms with Crippen LogP contribution in [0.1, 0.15) is 29.2 Å². The van der Waals surface area contributed by atoms with Gasteiger partial charge in [0.25, 0.3) is 0 Å². The number of hydrogen-bond donors (Lipinski definition) is 1. The highest BCUT2D eigenvalue weighted by Crippen LogP contribution is 2.34. The smallest absolute Gasteiger partial charge is 0.241 e. The van der Waals surface area contributed by atoms with Crippen molar-refractivity contribution in [3.63, 3.8) is 0 Å². The van der Waals surface area contributed by atoms with Crippen molar-refractivity contribution in [3.8, 4) is 11.5 Å². The molecule has 1 aliphatic heterocycles. The van der Waals surface area contributed by atoms with Gasteiger partial charge < -0.3 is 9.47 Å². The zero-order valence-electron chi connectivity index (χ0n) is 17.2. The SMILES string of the molecule is Cc1cc(F)ccc1S(=O)(=O)N[C@H](Cc1ccccc1)c1ccc2c(c1)OCCCO2. The third kappa shape index (κ3) is 5.06. The molecule has 0 radical (unpaired) electrons. The fraction of sp³-hybridized carbons (Fsp3) is 0.250. The lowest BCUT2D eigenvalue weighted by Crippen LogP contribution is -2.30. The first-order valence-electron chi connectivity index (χ1n) is 10.1. The minimum atomic E-state index is -3.89. The monoisotopic (exact) mass is 441 g/mol. The molecule has 0 aromatic heterocycles. The normalized spacial score (nSPS) is 14.6. The first-order chi connectivity index (χ1) is 14.9. The maximum atomic E-state index is 13.5. The van der Waals surface area contributed by atoms with Crippen molar-refractivity contribution in [3.05, 3.63) is 89.2 Å². The minimum Gasteiger partial charge on any atom is -0.490 e. The Morgan fingerprint density at radius 2 is 1.71 bits per heavy atom. The first-order valence-corrected chi connectivity index (χ1v) is 11.6. The van der Waals surface area contributed by atoms with Gasteiger partial charge in [0.05, 0.1) is 24.2 Å². The number of nitrogens with one attached hydrogen (secondary N) is 1. The van der Waals surface area contributed by atoms with Gasteiger partial charge in [-0.2, -0.15) is 0 Å². The van der Waals surface area contributed by atoms with Gasteiger partial charge in [0, 0.05) is 6.42 Å². The summed E-state index contributed by atoms with van der Waals surface area (Å²) in [6.45, 7) is 2.70. The van der Waals surface area contributed by atoms with Gasteiger partial charge in [-0.05, 0) is 60.4 Å². The Labute approximate surface area is 181 Å². The molecule has 7 heteroatoms. The van der Waals surface area contributed by atoms with Crippen molar-refractivity contribution in [2.75, 3.05) is 13.2 Å². The quantitative estimate of drug-likeness (QED) is 0.609. The molecule has 0 aliphatic carbocycles. The zero-order chi connectivity index (χ0) is 21.8. The van der Waals surface area contributed by atoms with E-state index in [1.807, 2.05) is 48.5 Å². The number of hydrogen-bond acceptors (Lipinski definition) is 4. The van der Waals surface area contributed by atoms with Gasteiger partial charge in [-0.15, -0.1) is 0 Å². The third-order valence-corrected chi connectivity index (χ3v) is 6.81. The zero-order valence-corrected chi connectivity index (χ0v) is 18.0. The predicted octanol–water partition coefficient (Wildman–Crippen LogP) is 4.56. The molecule has 0 amide bonds. The highest BCUT2D eigenvalue weighted by atomic mass is 32.2. The Balaban J connectivity index is 1.70. The van der Waals surface area contributed by atoms with E-state index in [4.69, 9.17) is 9.47 Å². The number of sulfonamides is 1. The van der Waals surface area contributed by atoms with Gasteiger partial charge in [-0.3, -0.25) is 0 Å². The van der Waals surface area contributed by atoms with Gasteiger partial charge in [0.1, 0.15) is 5.82 Å². The predicted molar refractivity (Wildman–Crippen MR) is 116 cm³/mol. The van der Waals surface area contributed by atoms with Crippen LogP contribution in [0, 0.1) is 12.7 Å². The second kappa shape index (κ2) is 9.08. The van der Waals surface area contributed by atoms with Gasteiger partial charge in [0.2, 0.25) is 10.0 Å². The fourth-order valence-electron chi connectivity index (χ4n) is 3.64. The van der Waals surface area contributed by atoms with E-state index in [-0.39, 0.29) is 4.90 Å². The van der Waals surface area contributed by atoms with Crippen LogP contribution in [0.2, 0.25) is 0 Å². The Kier molecular flexibility index (Phi) is 6.25. The molecule has 0 fully saturated rings. The van der Waals surface area contributed by atoms with Gasteiger partial charge >= 0.3 is 0 Å². The number of halogens is 1. The van der Waals surface area contributed by atoms with Gasteiger partial charge in [-0.1, -0.05) is 36.4 Å². The molecule has 5 nitrogen and oxygen atoms in total. The number of ether oxygens (including phenoxy) is 2. The Morgan fingerprint density at radius 3 is 2.45 bits per heavy atom. The summed E-state index contributed by atoms with van der Waals surface area (Å²) in [4.78, 5) is 0.0568. The second-order valence-corrected chi connectivity index (χ2v) is 9.21. The average molecular weight is 442 g/mol. The maximum Gasteiger partial charge on any atom is 0.241 e. The molecule has 1 aliphatic rings. The molecule has 3 aromatic rings. The minimum absolute atomic E-state index is 0.0568. The summed E-state index contributed by atoms with van der Waals surface area (Å²) in [5.41, 5.74) is 2.10. The van der Waals surface area contributed by atoms with Gasteiger partial charge in [-0.25, -0.2) is 17.5 Å². The van der Waals surface area contributed by atoms with Crippen LogP contribution >= 0.6 is 0 Å². The topological polar surface area (TPSA) is 64.6 Å². The average Bonchev–Trinajstić information content (AvgIpc) is 2.98. The van der Waals surface area contributed by atoms with Crippen molar-refractivity contribution < 1.29 is 22.3 Å². The van der Waals surface area contributed by atoms with Crippen LogP contribution in [0.4, 0.5) is 4.39 Å². The molecule has 0 saturated heterocycles. The van der Waals surface area contributed by atoms with Crippen LogP contribution in [0.5, 0.6) is 11.5 Å². The molecular weight excluding hydrogens is 417 g/mol. The number of benzene rings is 3. The first kappa shape index (κ1) is 21.3. The summed E-state index contributed by atoms with van der Waals surface area (Å²) in [5.74, 6) is 0.780. The molecule has 0 bridgehead atoms. The van der Waals surface area contributed by atoms with Crippen molar-refractivity contribution in [2.45, 2.75) is 30.7 Å². The summed E-state index contributed by atoms with van der Waals surface area (Å²) in [5, 5.41) is 0. The Bertz CT molecular complexity index is 1170. The molecule has 0 unspecified atom stereocenters. The fourth-order valence-corrected chi connectivity index (χ4v) is 5.09. The standard InChI is InChI=1S/C24H24FNO4S/c1-17-14-20(25)9-11-24(17)31(27,28)26-21(15-18-6-3-2-4-7-18)19-8-10-22-23(16-19)30-13-5-12-29-22/h2-4,6-11,14,16,21,26H,5,12-13,15H2,1H3/t21-/m1/s1. The molecule has 31 heavy (non-hydrogen) atoms. The second-order valence-electron chi connectivity index (χ2n) is 7.53. The summed E-state index contributed by atoms with van der Waals surface area (Å²) < 4.78 is 54.2. The third-order valence-electron chi connectivity index (χ3n) is 5.18. The molecule has 4 rings (SSSR count). The number of fused-ring (bicyclic) bond motifs is 1. The van der Waals surface area contributed by atoms with E-state index in [0.29, 0.717) is 36.7 Å². The number of rotatable bonds is 6. The van der Waals surface area contributed by atoms with Crippen LogP contribution in [-0.2, 0) is 16.4 Å². The van der Waals surface area contributed by atoms with Crippen molar-refractivity contribution in [1.29, 1.82) is 0 Å². The van der Waals surface area contributed by atoms with E-state index in [1.165, 1.54) is 12.1 Å². The summed E-state index contributed by atoms with van der Waals surface area (Å²) in [7, 11) is -3.89. The van der Waals surface area contributed by atoms with Crippen LogP contribution in [0.15, 0.2) is 71.6 Å². The van der Waals surface area contributed by atoms with E-state index in [1.54, 1.807) is 6.92 Å². The van der Waals surface area contributed by atoms with E-state index >= 15 is 0 Å².